The highest BCUT2D eigenvalue weighted by Gasteiger charge is 2.24. The summed E-state index contributed by atoms with van der Waals surface area (Å²) in [4.78, 5) is 0. The molecule has 0 aromatic heterocycles. The van der Waals surface area contributed by atoms with Gasteiger partial charge >= 0.3 is 0 Å². The molecule has 2 nitrogen and oxygen atoms in total. The third-order valence-corrected chi connectivity index (χ3v) is 3.29. The van der Waals surface area contributed by atoms with Crippen LogP contribution in [0.3, 0.4) is 0 Å². The van der Waals surface area contributed by atoms with E-state index in [0.29, 0.717) is 9.99 Å². The van der Waals surface area contributed by atoms with Crippen LogP contribution in [-0.4, -0.2) is 11.7 Å². The Balaban J connectivity index is 3.12. The van der Waals surface area contributed by atoms with Crippen molar-refractivity contribution in [1.82, 2.24) is 0 Å². The molecule has 0 saturated carbocycles. The molecule has 0 bridgehead atoms. The predicted molar refractivity (Wildman–Crippen MR) is 62.4 cm³/mol. The summed E-state index contributed by atoms with van der Waals surface area (Å²) in [6.07, 6.45) is 0.423. The van der Waals surface area contributed by atoms with Gasteiger partial charge in [0.05, 0.1) is 3.57 Å². The summed E-state index contributed by atoms with van der Waals surface area (Å²) in [6.45, 7) is 1.79. The van der Waals surface area contributed by atoms with Gasteiger partial charge in [-0.25, -0.2) is 4.39 Å². The molecule has 0 amide bonds. The van der Waals surface area contributed by atoms with Gasteiger partial charge < -0.3 is 10.8 Å². The first-order valence-corrected chi connectivity index (χ1v) is 5.41. The number of nitrogens with two attached hydrogens (primary N) is 1. The van der Waals surface area contributed by atoms with E-state index in [1.165, 1.54) is 6.07 Å². The summed E-state index contributed by atoms with van der Waals surface area (Å²) >= 11 is 1.93. The number of hydrogen-bond donors (Lipinski definition) is 2. The van der Waals surface area contributed by atoms with Crippen molar-refractivity contribution < 1.29 is 9.50 Å². The molecule has 4 heteroatoms. The van der Waals surface area contributed by atoms with E-state index >= 15 is 0 Å². The van der Waals surface area contributed by atoms with Crippen molar-refractivity contribution in [2.45, 2.75) is 18.9 Å². The molecule has 1 aromatic rings. The Bertz CT molecular complexity index is 328. The van der Waals surface area contributed by atoms with Crippen LogP contribution in [0.5, 0.6) is 0 Å². The van der Waals surface area contributed by atoms with Gasteiger partial charge in [0.1, 0.15) is 5.82 Å². The summed E-state index contributed by atoms with van der Waals surface area (Å²) in [5.41, 5.74) is 6.06. The monoisotopic (exact) mass is 309 g/mol. The largest absolute Gasteiger partial charge is 0.396 e. The predicted octanol–water partition coefficient (Wildman–Crippen LogP) is 1.99. The summed E-state index contributed by atoms with van der Waals surface area (Å²) in [6, 6.07) is 4.83. The molecule has 0 aliphatic heterocycles. The van der Waals surface area contributed by atoms with Gasteiger partial charge in [-0.05, 0) is 47.6 Å². The molecule has 0 spiro atoms. The van der Waals surface area contributed by atoms with Gasteiger partial charge in [0.15, 0.2) is 0 Å². The Hall–Kier alpha value is -0.200. The molecule has 1 rings (SSSR count). The molecular weight excluding hydrogens is 296 g/mol. The van der Waals surface area contributed by atoms with Crippen molar-refractivity contribution in [2.24, 2.45) is 5.73 Å². The second-order valence-electron chi connectivity index (χ2n) is 3.49. The lowest BCUT2D eigenvalue weighted by atomic mass is 9.90. The lowest BCUT2D eigenvalue weighted by molar-refractivity contribution is 0.246. The first kappa shape index (κ1) is 11.9. The molecule has 0 heterocycles. The van der Waals surface area contributed by atoms with Crippen molar-refractivity contribution in [1.29, 1.82) is 0 Å². The third-order valence-electron chi connectivity index (χ3n) is 2.20. The molecule has 0 saturated heterocycles. The molecule has 1 unspecified atom stereocenters. The highest BCUT2D eigenvalue weighted by molar-refractivity contribution is 14.1. The lowest BCUT2D eigenvalue weighted by Gasteiger charge is -2.25. The topological polar surface area (TPSA) is 46.2 Å². The van der Waals surface area contributed by atoms with Crippen LogP contribution in [0.4, 0.5) is 4.39 Å². The van der Waals surface area contributed by atoms with Crippen molar-refractivity contribution >= 4 is 22.6 Å². The number of hydrogen-bond acceptors (Lipinski definition) is 2. The van der Waals surface area contributed by atoms with E-state index in [1.807, 2.05) is 22.6 Å². The Kier molecular flexibility index (Phi) is 3.86. The first-order chi connectivity index (χ1) is 6.49. The Morgan fingerprint density at radius 2 is 2.21 bits per heavy atom. The molecule has 0 aliphatic rings. The van der Waals surface area contributed by atoms with Gasteiger partial charge in [0.2, 0.25) is 0 Å². The molecule has 0 radical (unpaired) electrons. The van der Waals surface area contributed by atoms with Crippen LogP contribution in [0.25, 0.3) is 0 Å². The van der Waals surface area contributed by atoms with E-state index in [9.17, 15) is 4.39 Å². The van der Waals surface area contributed by atoms with Crippen molar-refractivity contribution in [3.05, 3.63) is 33.1 Å². The highest BCUT2D eigenvalue weighted by atomic mass is 127. The maximum Gasteiger partial charge on any atom is 0.136 e. The quantitative estimate of drug-likeness (QED) is 0.839. The smallest absolute Gasteiger partial charge is 0.136 e. The number of aliphatic hydroxyl groups is 1. The minimum atomic E-state index is -0.673. The van der Waals surface area contributed by atoms with Crippen LogP contribution in [0.2, 0.25) is 0 Å². The lowest BCUT2D eigenvalue weighted by Crippen LogP contribution is -2.35. The van der Waals surface area contributed by atoms with Crippen molar-refractivity contribution in [3.63, 3.8) is 0 Å². The van der Waals surface area contributed by atoms with Gasteiger partial charge in [0, 0.05) is 12.1 Å². The minimum Gasteiger partial charge on any atom is -0.396 e. The fourth-order valence-corrected chi connectivity index (χ4v) is 2.29. The van der Waals surface area contributed by atoms with Gasteiger partial charge in [-0.15, -0.1) is 0 Å². The third kappa shape index (κ3) is 2.43. The van der Waals surface area contributed by atoms with E-state index in [2.05, 4.69) is 0 Å². The minimum absolute atomic E-state index is 0.000403. The standard InChI is InChI=1S/C10H13FINO/c1-10(13,5-6-14)7-3-2-4-8(11)9(7)12/h2-4,14H,5-6,13H2,1H3. The summed E-state index contributed by atoms with van der Waals surface area (Å²) in [5.74, 6) is -0.266. The summed E-state index contributed by atoms with van der Waals surface area (Å²) in [7, 11) is 0. The van der Waals surface area contributed by atoms with E-state index in [0.717, 1.165) is 5.56 Å². The molecule has 78 valence electrons. The summed E-state index contributed by atoms with van der Waals surface area (Å²) in [5, 5.41) is 8.85. The normalized spacial score (nSPS) is 15.2. The summed E-state index contributed by atoms with van der Waals surface area (Å²) < 4.78 is 13.8. The van der Waals surface area contributed by atoms with Crippen molar-refractivity contribution in [2.75, 3.05) is 6.61 Å². The van der Waals surface area contributed by atoms with Crippen LogP contribution >= 0.6 is 22.6 Å². The SMILES string of the molecule is CC(N)(CCO)c1cccc(F)c1I. The van der Waals surface area contributed by atoms with Crippen LogP contribution < -0.4 is 5.73 Å². The zero-order valence-electron chi connectivity index (χ0n) is 7.93. The average Bonchev–Trinajstić information content (AvgIpc) is 2.09. The zero-order valence-corrected chi connectivity index (χ0v) is 10.1. The fourth-order valence-electron chi connectivity index (χ4n) is 1.31. The molecule has 3 N–H and O–H groups in total. The van der Waals surface area contributed by atoms with Gasteiger partial charge in [-0.1, -0.05) is 12.1 Å². The molecule has 0 fully saturated rings. The van der Waals surface area contributed by atoms with Gasteiger partial charge in [-0.2, -0.15) is 0 Å². The Labute approximate surface area is 96.5 Å². The molecule has 0 aliphatic carbocycles. The second kappa shape index (κ2) is 4.55. The number of halogens is 2. The van der Waals surface area contributed by atoms with E-state index < -0.39 is 5.54 Å². The van der Waals surface area contributed by atoms with Crippen LogP contribution in [-0.2, 0) is 5.54 Å². The van der Waals surface area contributed by atoms with Crippen molar-refractivity contribution in [3.8, 4) is 0 Å². The van der Waals surface area contributed by atoms with Gasteiger partial charge in [0.25, 0.3) is 0 Å². The number of benzene rings is 1. The number of rotatable bonds is 3. The van der Waals surface area contributed by atoms with E-state index in [-0.39, 0.29) is 12.4 Å². The molecule has 1 atom stereocenters. The second-order valence-corrected chi connectivity index (χ2v) is 4.57. The van der Waals surface area contributed by atoms with Crippen LogP contribution in [0.15, 0.2) is 18.2 Å². The van der Waals surface area contributed by atoms with E-state index in [1.54, 1.807) is 19.1 Å². The van der Waals surface area contributed by atoms with Crippen LogP contribution in [0, 0.1) is 9.39 Å². The average molecular weight is 309 g/mol. The maximum atomic E-state index is 13.2. The number of aliphatic hydroxyl groups excluding tert-OH is 1. The first-order valence-electron chi connectivity index (χ1n) is 4.33. The van der Waals surface area contributed by atoms with Crippen LogP contribution in [0.1, 0.15) is 18.9 Å². The fraction of sp³-hybridized carbons (Fsp3) is 0.400. The van der Waals surface area contributed by atoms with E-state index in [4.69, 9.17) is 10.8 Å². The Morgan fingerprint density at radius 3 is 2.79 bits per heavy atom. The molecular formula is C10H13FINO. The maximum absolute atomic E-state index is 13.2. The molecule has 14 heavy (non-hydrogen) atoms. The van der Waals surface area contributed by atoms with Gasteiger partial charge in [-0.3, -0.25) is 0 Å². The Morgan fingerprint density at radius 1 is 1.57 bits per heavy atom. The zero-order chi connectivity index (χ0) is 10.8. The molecule has 1 aromatic carbocycles. The highest BCUT2D eigenvalue weighted by Crippen LogP contribution is 2.27.